The highest BCUT2D eigenvalue weighted by Gasteiger charge is 2.33. The highest BCUT2D eigenvalue weighted by atomic mass is 16.4. The van der Waals surface area contributed by atoms with Gasteiger partial charge in [0.1, 0.15) is 0 Å². The fourth-order valence-electron chi connectivity index (χ4n) is 1.60. The normalized spacial score (nSPS) is 13.3. The minimum atomic E-state index is -2.00. The van der Waals surface area contributed by atoms with Gasteiger partial charge in [0.05, 0.1) is 0 Å². The van der Waals surface area contributed by atoms with Gasteiger partial charge >= 0.3 is 5.97 Å². The van der Waals surface area contributed by atoms with E-state index >= 15 is 0 Å². The highest BCUT2D eigenvalue weighted by molar-refractivity contribution is 6.43. The number of carboxylic acids is 1. The zero-order valence-electron chi connectivity index (χ0n) is 11.0. The van der Waals surface area contributed by atoms with Crippen molar-refractivity contribution >= 4 is 23.8 Å². The smallest absolute Gasteiger partial charge is 0.331 e. The second-order valence-electron chi connectivity index (χ2n) is 4.44. The summed E-state index contributed by atoms with van der Waals surface area (Å²) in [5, 5.41) is 8.89. The molecule has 0 saturated heterocycles. The summed E-state index contributed by atoms with van der Waals surface area (Å²) < 4.78 is 0. The van der Waals surface area contributed by atoms with E-state index in [1.54, 1.807) is 6.92 Å². The Labute approximate surface area is 115 Å². The molecule has 3 N–H and O–H groups in total. The van der Waals surface area contributed by atoms with Gasteiger partial charge in [-0.3, -0.25) is 9.59 Å². The number of aldehydes is 1. The molecular formula is C14H15NO5. The topological polar surface area (TPSA) is 115 Å². The molecule has 0 saturated carbocycles. The number of nitrogens with two attached hydrogens (primary N) is 1. The molecule has 1 rings (SSSR count). The van der Waals surface area contributed by atoms with Crippen molar-refractivity contribution < 1.29 is 24.3 Å². The zero-order chi connectivity index (χ0) is 15.3. The fourth-order valence-corrected chi connectivity index (χ4v) is 1.60. The van der Waals surface area contributed by atoms with E-state index in [0.29, 0.717) is 5.56 Å². The maximum atomic E-state index is 11.6. The molecule has 0 spiro atoms. The number of ketones is 2. The summed E-state index contributed by atoms with van der Waals surface area (Å²) in [7, 11) is 0. The maximum Gasteiger partial charge on any atom is 0.331 e. The molecule has 1 atom stereocenters. The molecule has 0 fully saturated rings. The van der Waals surface area contributed by atoms with Crippen molar-refractivity contribution in [1.29, 1.82) is 0 Å². The summed E-state index contributed by atoms with van der Waals surface area (Å²) in [4.78, 5) is 44.6. The van der Waals surface area contributed by atoms with E-state index in [1.165, 1.54) is 24.3 Å². The second-order valence-corrected chi connectivity index (χ2v) is 4.44. The summed E-state index contributed by atoms with van der Waals surface area (Å²) in [6, 6.07) is 5.78. The molecule has 1 aromatic rings. The van der Waals surface area contributed by atoms with Crippen molar-refractivity contribution in [3.8, 4) is 0 Å². The van der Waals surface area contributed by atoms with Crippen LogP contribution in [-0.4, -0.2) is 34.5 Å². The Morgan fingerprint density at radius 1 is 1.25 bits per heavy atom. The van der Waals surface area contributed by atoms with Crippen LogP contribution in [0.3, 0.4) is 0 Å². The molecule has 106 valence electrons. The first-order valence-corrected chi connectivity index (χ1v) is 5.99. The van der Waals surface area contributed by atoms with Gasteiger partial charge in [0.25, 0.3) is 0 Å². The van der Waals surface area contributed by atoms with Crippen LogP contribution < -0.4 is 5.73 Å². The van der Waals surface area contributed by atoms with Gasteiger partial charge in [0.2, 0.25) is 11.6 Å². The van der Waals surface area contributed by atoms with Crippen molar-refractivity contribution in [3.05, 3.63) is 35.4 Å². The number of aliphatic carboxylic acids is 1. The number of hydrogen-bond donors (Lipinski definition) is 2. The van der Waals surface area contributed by atoms with E-state index in [1.807, 2.05) is 0 Å². The van der Waals surface area contributed by atoms with Gasteiger partial charge in [0.15, 0.2) is 11.8 Å². The molecule has 0 radical (unpaired) electrons. The fraction of sp³-hybridized carbons (Fsp3) is 0.286. The molecule has 0 bridgehead atoms. The Kier molecular flexibility index (Phi) is 4.88. The third-order valence-corrected chi connectivity index (χ3v) is 2.90. The summed E-state index contributed by atoms with van der Waals surface area (Å²) in [6.45, 7) is 1.59. The molecule has 6 heteroatoms. The van der Waals surface area contributed by atoms with E-state index in [4.69, 9.17) is 10.8 Å². The third kappa shape index (κ3) is 3.36. The van der Waals surface area contributed by atoms with Gasteiger partial charge in [0, 0.05) is 18.4 Å². The van der Waals surface area contributed by atoms with E-state index in [0.717, 1.165) is 0 Å². The highest BCUT2D eigenvalue weighted by Crippen LogP contribution is 2.12. The van der Waals surface area contributed by atoms with Gasteiger partial charge in [-0.2, -0.15) is 0 Å². The first-order valence-electron chi connectivity index (χ1n) is 5.99. The average Bonchev–Trinajstić information content (AvgIpc) is 2.46. The minimum Gasteiger partial charge on any atom is -0.480 e. The molecule has 0 aromatic heterocycles. The number of carbonyl (C=O) groups is 4. The molecule has 1 unspecified atom stereocenters. The van der Waals surface area contributed by atoms with Crippen LogP contribution in [0.4, 0.5) is 0 Å². The lowest BCUT2D eigenvalue weighted by Crippen LogP contribution is -2.51. The molecule has 0 aliphatic carbocycles. The lowest BCUT2D eigenvalue weighted by molar-refractivity contribution is -0.145. The van der Waals surface area contributed by atoms with E-state index < -0.39 is 23.1 Å². The average molecular weight is 277 g/mol. The lowest BCUT2D eigenvalue weighted by atomic mass is 9.92. The van der Waals surface area contributed by atoms with Gasteiger partial charge in [-0.05, 0) is 5.56 Å². The van der Waals surface area contributed by atoms with Crippen molar-refractivity contribution in [2.75, 3.05) is 0 Å². The number of hydrogen-bond acceptors (Lipinski definition) is 5. The van der Waals surface area contributed by atoms with Crippen LogP contribution in [-0.2, 0) is 20.8 Å². The Bertz CT molecular complexity index is 549. The summed E-state index contributed by atoms with van der Waals surface area (Å²) in [5.41, 5.74) is 4.17. The predicted octanol–water partition coefficient (Wildman–Crippen LogP) is 0.372. The van der Waals surface area contributed by atoms with Gasteiger partial charge < -0.3 is 15.6 Å². The molecule has 0 aliphatic heterocycles. The SMILES string of the molecule is CCC(=O)C(=O)c1ccc(CC(N)(C=O)C(=O)O)cc1. The van der Waals surface area contributed by atoms with Crippen LogP contribution in [0.25, 0.3) is 0 Å². The molecule has 0 amide bonds. The van der Waals surface area contributed by atoms with E-state index in [9.17, 15) is 19.2 Å². The first-order chi connectivity index (χ1) is 9.34. The third-order valence-electron chi connectivity index (χ3n) is 2.90. The van der Waals surface area contributed by atoms with Gasteiger partial charge in [-0.25, -0.2) is 4.79 Å². The molecule has 1 aromatic carbocycles. The molecule has 0 heterocycles. The minimum absolute atomic E-state index is 0.122. The van der Waals surface area contributed by atoms with Crippen LogP contribution in [0.15, 0.2) is 24.3 Å². The summed E-state index contributed by atoms with van der Waals surface area (Å²) in [6.07, 6.45) is 0.105. The van der Waals surface area contributed by atoms with Crippen LogP contribution in [0, 0.1) is 0 Å². The van der Waals surface area contributed by atoms with Crippen molar-refractivity contribution in [1.82, 2.24) is 0 Å². The Morgan fingerprint density at radius 3 is 2.20 bits per heavy atom. The van der Waals surface area contributed by atoms with Gasteiger partial charge in [-0.1, -0.05) is 31.2 Å². The van der Waals surface area contributed by atoms with Crippen LogP contribution in [0.5, 0.6) is 0 Å². The van der Waals surface area contributed by atoms with Crippen molar-refractivity contribution in [3.63, 3.8) is 0 Å². The molecule has 0 aliphatic rings. The van der Waals surface area contributed by atoms with Crippen molar-refractivity contribution in [2.45, 2.75) is 25.3 Å². The standard InChI is InChI=1S/C14H15NO5/c1-2-11(17)12(18)10-5-3-9(4-6-10)7-14(15,8-16)13(19)20/h3-6,8H,2,7,15H2,1H3,(H,19,20). The molecule has 6 nitrogen and oxygen atoms in total. The number of benzene rings is 1. The Hall–Kier alpha value is -2.34. The largest absolute Gasteiger partial charge is 0.480 e. The van der Waals surface area contributed by atoms with Crippen LogP contribution in [0.1, 0.15) is 29.3 Å². The number of carbonyl (C=O) groups excluding carboxylic acids is 3. The number of carboxylic acid groups (broad SMARTS) is 1. The predicted molar refractivity (Wildman–Crippen MR) is 70.4 cm³/mol. The van der Waals surface area contributed by atoms with E-state index in [-0.39, 0.29) is 24.7 Å². The summed E-state index contributed by atoms with van der Waals surface area (Å²) in [5.74, 6) is -2.51. The monoisotopic (exact) mass is 277 g/mol. The van der Waals surface area contributed by atoms with Crippen LogP contribution in [0.2, 0.25) is 0 Å². The Balaban J connectivity index is 2.92. The van der Waals surface area contributed by atoms with Gasteiger partial charge in [-0.15, -0.1) is 0 Å². The van der Waals surface area contributed by atoms with Crippen LogP contribution >= 0.6 is 0 Å². The zero-order valence-corrected chi connectivity index (χ0v) is 11.0. The lowest BCUT2D eigenvalue weighted by Gasteiger charge is -2.17. The number of Topliss-reactive ketones (excluding diaryl/α,β-unsaturated/α-hetero) is 2. The first kappa shape index (κ1) is 15.7. The Morgan fingerprint density at radius 2 is 1.80 bits per heavy atom. The second kappa shape index (κ2) is 6.21. The molecule has 20 heavy (non-hydrogen) atoms. The number of rotatable bonds is 7. The van der Waals surface area contributed by atoms with Crippen molar-refractivity contribution in [2.24, 2.45) is 5.73 Å². The maximum absolute atomic E-state index is 11.6. The van der Waals surface area contributed by atoms with E-state index in [2.05, 4.69) is 0 Å². The molecular weight excluding hydrogens is 262 g/mol. The quantitative estimate of drug-likeness (QED) is 0.322. The summed E-state index contributed by atoms with van der Waals surface area (Å²) >= 11 is 0.